The van der Waals surface area contributed by atoms with Crippen molar-refractivity contribution < 1.29 is 5.11 Å². The molecule has 1 aromatic rings. The standard InChI is InChI=1S/C12H21N3O/c1-15-8-11(7-14-15)6-13-9-12(10-16)4-2-3-5-12/h7-8,13,16H,2-6,9-10H2,1H3. The van der Waals surface area contributed by atoms with Gasteiger partial charge in [0.25, 0.3) is 0 Å². The van der Waals surface area contributed by atoms with E-state index in [9.17, 15) is 5.11 Å². The summed E-state index contributed by atoms with van der Waals surface area (Å²) < 4.78 is 1.81. The van der Waals surface area contributed by atoms with Crippen LogP contribution in [0.25, 0.3) is 0 Å². The topological polar surface area (TPSA) is 50.1 Å². The normalized spacial score (nSPS) is 19.1. The number of rotatable bonds is 5. The highest BCUT2D eigenvalue weighted by Gasteiger charge is 2.32. The van der Waals surface area contributed by atoms with Gasteiger partial charge in [0, 0.05) is 43.9 Å². The Balaban J connectivity index is 1.78. The Morgan fingerprint density at radius 2 is 2.25 bits per heavy atom. The molecule has 2 N–H and O–H groups in total. The first-order valence-electron chi connectivity index (χ1n) is 6.03. The van der Waals surface area contributed by atoms with Gasteiger partial charge in [0.05, 0.1) is 6.20 Å². The molecule has 1 fully saturated rings. The van der Waals surface area contributed by atoms with E-state index in [2.05, 4.69) is 10.4 Å². The molecule has 1 aliphatic rings. The van der Waals surface area contributed by atoms with Gasteiger partial charge in [0.2, 0.25) is 0 Å². The van der Waals surface area contributed by atoms with Crippen molar-refractivity contribution in [3.05, 3.63) is 18.0 Å². The zero-order valence-corrected chi connectivity index (χ0v) is 9.95. The summed E-state index contributed by atoms with van der Waals surface area (Å²) in [5, 5.41) is 17.0. The average Bonchev–Trinajstić information content (AvgIpc) is 2.89. The predicted molar refractivity (Wildman–Crippen MR) is 62.9 cm³/mol. The molecule has 0 spiro atoms. The minimum atomic E-state index is 0.141. The second kappa shape index (κ2) is 4.97. The van der Waals surface area contributed by atoms with Crippen molar-refractivity contribution in [1.29, 1.82) is 0 Å². The van der Waals surface area contributed by atoms with Crippen molar-refractivity contribution in [2.24, 2.45) is 12.5 Å². The number of hydrogen-bond acceptors (Lipinski definition) is 3. The first kappa shape index (κ1) is 11.6. The highest BCUT2D eigenvalue weighted by atomic mass is 16.3. The van der Waals surface area contributed by atoms with Gasteiger partial charge in [-0.3, -0.25) is 4.68 Å². The predicted octanol–water partition coefficient (Wildman–Crippen LogP) is 1.06. The highest BCUT2D eigenvalue weighted by Crippen LogP contribution is 2.36. The summed E-state index contributed by atoms with van der Waals surface area (Å²) >= 11 is 0. The van der Waals surface area contributed by atoms with E-state index in [1.54, 1.807) is 0 Å². The van der Waals surface area contributed by atoms with Crippen molar-refractivity contribution in [3.63, 3.8) is 0 Å². The van der Waals surface area contributed by atoms with Crippen molar-refractivity contribution in [2.75, 3.05) is 13.2 Å². The second-order valence-electron chi connectivity index (χ2n) is 4.99. The van der Waals surface area contributed by atoms with Gasteiger partial charge in [-0.2, -0.15) is 5.10 Å². The fraction of sp³-hybridized carbons (Fsp3) is 0.750. The number of hydrogen-bond donors (Lipinski definition) is 2. The van der Waals surface area contributed by atoms with E-state index in [0.29, 0.717) is 6.61 Å². The third kappa shape index (κ3) is 2.62. The second-order valence-corrected chi connectivity index (χ2v) is 4.99. The number of aliphatic hydroxyl groups is 1. The van der Waals surface area contributed by atoms with Crippen LogP contribution in [0.3, 0.4) is 0 Å². The lowest BCUT2D eigenvalue weighted by Gasteiger charge is -2.26. The first-order chi connectivity index (χ1) is 7.74. The Bertz CT molecular complexity index is 329. The molecule has 4 heteroatoms. The van der Waals surface area contributed by atoms with Crippen LogP contribution in [-0.2, 0) is 13.6 Å². The van der Waals surface area contributed by atoms with E-state index in [1.807, 2.05) is 24.1 Å². The Hall–Kier alpha value is -0.870. The van der Waals surface area contributed by atoms with Gasteiger partial charge in [-0.1, -0.05) is 12.8 Å². The molecule has 0 amide bonds. The third-order valence-corrected chi connectivity index (χ3v) is 3.59. The molecule has 0 saturated heterocycles. The molecule has 4 nitrogen and oxygen atoms in total. The molecule has 1 aromatic heterocycles. The zero-order chi connectivity index (χ0) is 11.4. The van der Waals surface area contributed by atoms with Crippen LogP contribution in [-0.4, -0.2) is 28.0 Å². The van der Waals surface area contributed by atoms with E-state index in [1.165, 1.54) is 18.4 Å². The molecule has 0 radical (unpaired) electrons. The van der Waals surface area contributed by atoms with Gasteiger partial charge in [-0.25, -0.2) is 0 Å². The van der Waals surface area contributed by atoms with Gasteiger partial charge in [0.1, 0.15) is 0 Å². The number of nitrogens with one attached hydrogen (secondary N) is 1. The van der Waals surface area contributed by atoms with Crippen LogP contribution in [0.15, 0.2) is 12.4 Å². The lowest BCUT2D eigenvalue weighted by atomic mass is 9.87. The van der Waals surface area contributed by atoms with E-state index < -0.39 is 0 Å². The van der Waals surface area contributed by atoms with Gasteiger partial charge >= 0.3 is 0 Å². The average molecular weight is 223 g/mol. The molecule has 0 bridgehead atoms. The summed E-state index contributed by atoms with van der Waals surface area (Å²) in [6.07, 6.45) is 8.73. The summed E-state index contributed by atoms with van der Waals surface area (Å²) in [6, 6.07) is 0. The van der Waals surface area contributed by atoms with Gasteiger partial charge in [0.15, 0.2) is 0 Å². The van der Waals surface area contributed by atoms with Crippen molar-refractivity contribution in [2.45, 2.75) is 32.2 Å². The van der Waals surface area contributed by atoms with Crippen LogP contribution >= 0.6 is 0 Å². The van der Waals surface area contributed by atoms with Crippen LogP contribution in [0.1, 0.15) is 31.2 Å². The largest absolute Gasteiger partial charge is 0.396 e. The maximum absolute atomic E-state index is 9.46. The molecule has 0 aromatic carbocycles. The molecule has 2 rings (SSSR count). The summed E-state index contributed by atoms with van der Waals surface area (Å²) in [6.45, 7) is 2.07. The van der Waals surface area contributed by atoms with Crippen molar-refractivity contribution >= 4 is 0 Å². The van der Waals surface area contributed by atoms with Crippen molar-refractivity contribution in [1.82, 2.24) is 15.1 Å². The maximum atomic E-state index is 9.46. The molecular formula is C12H21N3O. The minimum Gasteiger partial charge on any atom is -0.396 e. The van der Waals surface area contributed by atoms with Crippen molar-refractivity contribution in [3.8, 4) is 0 Å². The van der Waals surface area contributed by atoms with E-state index in [4.69, 9.17) is 0 Å². The molecule has 0 atom stereocenters. The third-order valence-electron chi connectivity index (χ3n) is 3.59. The Morgan fingerprint density at radius 3 is 2.81 bits per heavy atom. The number of aliphatic hydroxyl groups excluding tert-OH is 1. The van der Waals surface area contributed by atoms with Gasteiger partial charge in [-0.15, -0.1) is 0 Å². The SMILES string of the molecule is Cn1cc(CNCC2(CO)CCCC2)cn1. The number of aromatic nitrogens is 2. The zero-order valence-electron chi connectivity index (χ0n) is 9.95. The molecule has 90 valence electrons. The Kier molecular flexibility index (Phi) is 3.61. The van der Waals surface area contributed by atoms with Crippen LogP contribution in [0.5, 0.6) is 0 Å². The number of aryl methyl sites for hydroxylation is 1. The molecule has 0 unspecified atom stereocenters. The van der Waals surface area contributed by atoms with E-state index in [-0.39, 0.29) is 5.41 Å². The lowest BCUT2D eigenvalue weighted by molar-refractivity contribution is 0.128. The molecule has 1 aliphatic carbocycles. The summed E-state index contributed by atoms with van der Waals surface area (Å²) in [7, 11) is 1.93. The van der Waals surface area contributed by atoms with Crippen LogP contribution < -0.4 is 5.32 Å². The fourth-order valence-corrected chi connectivity index (χ4v) is 2.55. The maximum Gasteiger partial charge on any atom is 0.0534 e. The minimum absolute atomic E-state index is 0.141. The summed E-state index contributed by atoms with van der Waals surface area (Å²) in [5.41, 5.74) is 1.34. The smallest absolute Gasteiger partial charge is 0.0534 e. The Labute approximate surface area is 96.7 Å². The fourth-order valence-electron chi connectivity index (χ4n) is 2.55. The van der Waals surface area contributed by atoms with Gasteiger partial charge in [-0.05, 0) is 12.8 Å². The molecular weight excluding hydrogens is 202 g/mol. The summed E-state index contributed by atoms with van der Waals surface area (Å²) in [5.74, 6) is 0. The first-order valence-corrected chi connectivity index (χ1v) is 6.03. The van der Waals surface area contributed by atoms with Crippen LogP contribution in [0.4, 0.5) is 0 Å². The summed E-state index contributed by atoms with van der Waals surface area (Å²) in [4.78, 5) is 0. The van der Waals surface area contributed by atoms with Crippen LogP contribution in [0, 0.1) is 5.41 Å². The van der Waals surface area contributed by atoms with Crippen LogP contribution in [0.2, 0.25) is 0 Å². The van der Waals surface area contributed by atoms with E-state index >= 15 is 0 Å². The Morgan fingerprint density at radius 1 is 1.50 bits per heavy atom. The number of nitrogens with zero attached hydrogens (tertiary/aromatic N) is 2. The highest BCUT2D eigenvalue weighted by molar-refractivity contribution is 5.03. The lowest BCUT2D eigenvalue weighted by Crippen LogP contribution is -2.34. The molecule has 1 saturated carbocycles. The van der Waals surface area contributed by atoms with E-state index in [0.717, 1.165) is 25.9 Å². The van der Waals surface area contributed by atoms with Gasteiger partial charge < -0.3 is 10.4 Å². The monoisotopic (exact) mass is 223 g/mol. The molecule has 0 aliphatic heterocycles. The molecule has 16 heavy (non-hydrogen) atoms. The quantitative estimate of drug-likeness (QED) is 0.785. The molecule has 1 heterocycles.